The van der Waals surface area contributed by atoms with Gasteiger partial charge in [0.25, 0.3) is 10.1 Å². The van der Waals surface area contributed by atoms with Gasteiger partial charge in [-0.05, 0) is 44.9 Å². The van der Waals surface area contributed by atoms with Crippen LogP contribution in [0.3, 0.4) is 0 Å². The van der Waals surface area contributed by atoms with E-state index in [0.717, 1.165) is 5.56 Å². The molecule has 1 fully saturated rings. The van der Waals surface area contributed by atoms with Gasteiger partial charge in [-0.1, -0.05) is 17.7 Å². The molecular weight excluding hydrogens is 331 g/mol. The first-order chi connectivity index (χ1) is 10.6. The Morgan fingerprint density at radius 2 is 1.83 bits per heavy atom. The minimum Gasteiger partial charge on any atom is -0.295 e. The summed E-state index contributed by atoms with van der Waals surface area (Å²) >= 11 is 0. The van der Waals surface area contributed by atoms with E-state index in [2.05, 4.69) is 0 Å². The molecule has 0 radical (unpaired) electrons. The van der Waals surface area contributed by atoms with E-state index >= 15 is 0 Å². The zero-order valence-electron chi connectivity index (χ0n) is 13.0. The molecule has 1 heterocycles. The molecule has 2 atom stereocenters. The standard InChI is InChI=1S/C15H20F3NO3S/c1-11-3-6-13(7-4-11)23(20,21)22-10-12-5-8-14(15(16,17)18)19(2)9-12/h3-4,6-7,12,14H,5,8-10H2,1-2H3. The van der Waals surface area contributed by atoms with Crippen LogP contribution in [0.25, 0.3) is 0 Å². The molecule has 1 aromatic carbocycles. The van der Waals surface area contributed by atoms with Gasteiger partial charge in [0.1, 0.15) is 6.04 Å². The van der Waals surface area contributed by atoms with Gasteiger partial charge in [0, 0.05) is 6.54 Å². The van der Waals surface area contributed by atoms with Crippen molar-refractivity contribution in [3.63, 3.8) is 0 Å². The zero-order chi connectivity index (χ0) is 17.3. The van der Waals surface area contributed by atoms with Crippen molar-refractivity contribution in [1.82, 2.24) is 4.90 Å². The summed E-state index contributed by atoms with van der Waals surface area (Å²) in [5, 5.41) is 0. The monoisotopic (exact) mass is 351 g/mol. The Kier molecular flexibility index (Phi) is 5.37. The van der Waals surface area contributed by atoms with Crippen molar-refractivity contribution in [2.45, 2.75) is 36.9 Å². The molecular formula is C15H20F3NO3S. The molecule has 0 N–H and O–H groups in total. The van der Waals surface area contributed by atoms with Crippen LogP contribution in [0.4, 0.5) is 13.2 Å². The third kappa shape index (κ3) is 4.68. The van der Waals surface area contributed by atoms with Crippen molar-refractivity contribution >= 4 is 10.1 Å². The summed E-state index contributed by atoms with van der Waals surface area (Å²) in [6.07, 6.45) is -4.01. The topological polar surface area (TPSA) is 46.6 Å². The number of hydrogen-bond acceptors (Lipinski definition) is 4. The lowest BCUT2D eigenvalue weighted by atomic mass is 9.93. The number of hydrogen-bond donors (Lipinski definition) is 0. The third-order valence-electron chi connectivity index (χ3n) is 4.07. The summed E-state index contributed by atoms with van der Waals surface area (Å²) in [4.78, 5) is 1.27. The van der Waals surface area contributed by atoms with Gasteiger partial charge in [-0.25, -0.2) is 0 Å². The number of nitrogens with zero attached hydrogens (tertiary/aromatic N) is 1. The maximum Gasteiger partial charge on any atom is 0.404 e. The summed E-state index contributed by atoms with van der Waals surface area (Å²) in [5.41, 5.74) is 0.927. The summed E-state index contributed by atoms with van der Waals surface area (Å²) in [6.45, 7) is 1.89. The second kappa shape index (κ2) is 6.78. The van der Waals surface area contributed by atoms with Gasteiger partial charge < -0.3 is 0 Å². The van der Waals surface area contributed by atoms with Crippen LogP contribution < -0.4 is 0 Å². The molecule has 1 aliphatic rings. The molecule has 0 saturated carbocycles. The highest BCUT2D eigenvalue weighted by atomic mass is 32.2. The Morgan fingerprint density at radius 1 is 1.22 bits per heavy atom. The van der Waals surface area contributed by atoms with Gasteiger partial charge >= 0.3 is 6.18 Å². The Hall–Kier alpha value is -1.12. The maximum absolute atomic E-state index is 12.8. The van der Waals surface area contributed by atoms with Gasteiger partial charge in [-0.15, -0.1) is 0 Å². The normalized spacial score (nSPS) is 23.9. The lowest BCUT2D eigenvalue weighted by Gasteiger charge is -2.37. The van der Waals surface area contributed by atoms with E-state index in [9.17, 15) is 21.6 Å². The van der Waals surface area contributed by atoms with Crippen LogP contribution in [0, 0.1) is 12.8 Å². The van der Waals surface area contributed by atoms with Crippen LogP contribution in [0.1, 0.15) is 18.4 Å². The molecule has 130 valence electrons. The Labute approximate surface area is 134 Å². The molecule has 1 aliphatic heterocycles. The molecule has 23 heavy (non-hydrogen) atoms. The average Bonchev–Trinajstić information content (AvgIpc) is 2.44. The van der Waals surface area contributed by atoms with Crippen molar-refractivity contribution in [2.75, 3.05) is 20.2 Å². The molecule has 2 rings (SSSR count). The predicted molar refractivity (Wildman–Crippen MR) is 79.5 cm³/mol. The predicted octanol–water partition coefficient (Wildman–Crippen LogP) is 2.97. The maximum atomic E-state index is 12.8. The molecule has 0 bridgehead atoms. The lowest BCUT2D eigenvalue weighted by molar-refractivity contribution is -0.191. The average molecular weight is 351 g/mol. The van der Waals surface area contributed by atoms with Crippen LogP contribution in [0.5, 0.6) is 0 Å². The van der Waals surface area contributed by atoms with E-state index in [1.54, 1.807) is 12.1 Å². The highest BCUT2D eigenvalue weighted by Crippen LogP contribution is 2.33. The number of likely N-dealkylation sites (tertiary alicyclic amines) is 1. The minimum atomic E-state index is -4.26. The minimum absolute atomic E-state index is 0.0430. The van der Waals surface area contributed by atoms with E-state index in [0.29, 0.717) is 0 Å². The Balaban J connectivity index is 1.93. The van der Waals surface area contributed by atoms with Crippen LogP contribution in [-0.4, -0.2) is 45.7 Å². The van der Waals surface area contributed by atoms with Gasteiger partial charge in [0.05, 0.1) is 11.5 Å². The Bertz CT molecular complexity index is 628. The third-order valence-corrected chi connectivity index (χ3v) is 5.37. The van der Waals surface area contributed by atoms with E-state index in [4.69, 9.17) is 4.18 Å². The molecule has 0 amide bonds. The largest absolute Gasteiger partial charge is 0.404 e. The highest BCUT2D eigenvalue weighted by Gasteiger charge is 2.44. The molecule has 8 heteroatoms. The zero-order valence-corrected chi connectivity index (χ0v) is 13.8. The molecule has 4 nitrogen and oxygen atoms in total. The summed E-state index contributed by atoms with van der Waals surface area (Å²) < 4.78 is 67.5. The second-order valence-corrected chi connectivity index (χ2v) is 7.61. The molecule has 1 saturated heterocycles. The molecule has 0 spiro atoms. The van der Waals surface area contributed by atoms with Crippen molar-refractivity contribution in [3.05, 3.63) is 29.8 Å². The van der Waals surface area contributed by atoms with E-state index < -0.39 is 22.3 Å². The Morgan fingerprint density at radius 3 is 2.35 bits per heavy atom. The van der Waals surface area contributed by atoms with Crippen LogP contribution >= 0.6 is 0 Å². The first kappa shape index (κ1) is 18.2. The molecule has 2 unspecified atom stereocenters. The number of benzene rings is 1. The molecule has 1 aromatic rings. The van der Waals surface area contributed by atoms with E-state index in [1.165, 1.54) is 24.1 Å². The van der Waals surface area contributed by atoms with E-state index in [-0.39, 0.29) is 36.8 Å². The second-order valence-electron chi connectivity index (χ2n) is 5.99. The smallest absolute Gasteiger partial charge is 0.295 e. The van der Waals surface area contributed by atoms with Crippen molar-refractivity contribution in [1.29, 1.82) is 0 Å². The van der Waals surface area contributed by atoms with Crippen LogP contribution in [-0.2, 0) is 14.3 Å². The number of rotatable bonds is 4. The fourth-order valence-electron chi connectivity index (χ4n) is 2.75. The van der Waals surface area contributed by atoms with Crippen molar-refractivity contribution in [3.8, 4) is 0 Å². The summed E-state index contributed by atoms with van der Waals surface area (Å²) in [7, 11) is -2.47. The molecule has 0 aliphatic carbocycles. The number of piperidine rings is 1. The lowest BCUT2D eigenvalue weighted by Crippen LogP contribution is -2.49. The SMILES string of the molecule is Cc1ccc(S(=O)(=O)OCC2CCC(C(F)(F)F)N(C)C2)cc1. The summed E-state index contributed by atoms with van der Waals surface area (Å²) in [6, 6.07) is 4.78. The quantitative estimate of drug-likeness (QED) is 0.783. The first-order valence-electron chi connectivity index (χ1n) is 7.32. The number of alkyl halides is 3. The number of halogens is 3. The molecule has 0 aromatic heterocycles. The fourth-order valence-corrected chi connectivity index (χ4v) is 3.73. The van der Waals surface area contributed by atoms with E-state index in [1.807, 2.05) is 6.92 Å². The van der Waals surface area contributed by atoms with Gasteiger partial charge in [0.2, 0.25) is 0 Å². The van der Waals surface area contributed by atoms with Gasteiger partial charge in [-0.3, -0.25) is 9.08 Å². The van der Waals surface area contributed by atoms with Crippen molar-refractivity contribution < 1.29 is 25.8 Å². The fraction of sp³-hybridized carbons (Fsp3) is 0.600. The first-order valence-corrected chi connectivity index (χ1v) is 8.73. The van der Waals surface area contributed by atoms with Crippen LogP contribution in [0.2, 0.25) is 0 Å². The van der Waals surface area contributed by atoms with Gasteiger partial charge in [0.15, 0.2) is 0 Å². The number of aryl methyl sites for hydroxylation is 1. The van der Waals surface area contributed by atoms with Gasteiger partial charge in [-0.2, -0.15) is 21.6 Å². The summed E-state index contributed by atoms with van der Waals surface area (Å²) in [5.74, 6) is -0.237. The van der Waals surface area contributed by atoms with Crippen LogP contribution in [0.15, 0.2) is 29.2 Å². The highest BCUT2D eigenvalue weighted by molar-refractivity contribution is 7.86. The van der Waals surface area contributed by atoms with Crippen molar-refractivity contribution in [2.24, 2.45) is 5.92 Å².